The number of carbonyl (C=O) groups is 1. The maximum absolute atomic E-state index is 11.5. The highest BCUT2D eigenvalue weighted by atomic mass is 32.2. The van der Waals surface area contributed by atoms with E-state index in [1.165, 1.54) is 19.2 Å². The van der Waals surface area contributed by atoms with E-state index in [1.54, 1.807) is 12.1 Å². The van der Waals surface area contributed by atoms with E-state index in [4.69, 9.17) is 5.11 Å². The average Bonchev–Trinajstić information content (AvgIpc) is 2.36. The van der Waals surface area contributed by atoms with Gasteiger partial charge in [-0.25, -0.2) is 13.1 Å². The summed E-state index contributed by atoms with van der Waals surface area (Å²) in [6, 6.07) is 5.96. The first kappa shape index (κ1) is 14.7. The van der Waals surface area contributed by atoms with Crippen molar-refractivity contribution in [3.05, 3.63) is 29.8 Å². The second-order valence-corrected chi connectivity index (χ2v) is 5.84. The van der Waals surface area contributed by atoms with Crippen molar-refractivity contribution >= 4 is 16.0 Å². The SMILES string of the molecule is CCCC(C(=O)O)c1ccc(S(=O)(=O)NC)cc1. The normalized spacial score (nSPS) is 13.2. The van der Waals surface area contributed by atoms with Gasteiger partial charge in [0.1, 0.15) is 0 Å². The van der Waals surface area contributed by atoms with Gasteiger partial charge >= 0.3 is 5.97 Å². The van der Waals surface area contributed by atoms with Crippen LogP contribution in [0.2, 0.25) is 0 Å². The largest absolute Gasteiger partial charge is 0.481 e. The predicted octanol–water partition coefficient (Wildman–Crippen LogP) is 1.56. The van der Waals surface area contributed by atoms with Gasteiger partial charge in [0.25, 0.3) is 0 Å². The zero-order valence-electron chi connectivity index (χ0n) is 10.4. The number of hydrogen-bond acceptors (Lipinski definition) is 3. The molecule has 0 spiro atoms. The Hall–Kier alpha value is -1.40. The summed E-state index contributed by atoms with van der Waals surface area (Å²) in [4.78, 5) is 11.2. The molecule has 0 amide bonds. The lowest BCUT2D eigenvalue weighted by Crippen LogP contribution is -2.18. The van der Waals surface area contributed by atoms with Gasteiger partial charge in [0.2, 0.25) is 10.0 Å². The molecular formula is C12H17NO4S. The van der Waals surface area contributed by atoms with E-state index in [2.05, 4.69) is 4.72 Å². The lowest BCUT2D eigenvalue weighted by molar-refractivity contribution is -0.139. The molecule has 1 atom stereocenters. The predicted molar refractivity (Wildman–Crippen MR) is 68.0 cm³/mol. The summed E-state index contributed by atoms with van der Waals surface area (Å²) in [6.45, 7) is 1.91. The first-order valence-electron chi connectivity index (χ1n) is 5.68. The van der Waals surface area contributed by atoms with Gasteiger partial charge in [-0.2, -0.15) is 0 Å². The van der Waals surface area contributed by atoms with Crippen molar-refractivity contribution in [1.82, 2.24) is 4.72 Å². The van der Waals surface area contributed by atoms with Crippen molar-refractivity contribution in [2.24, 2.45) is 0 Å². The van der Waals surface area contributed by atoms with Crippen LogP contribution in [0, 0.1) is 0 Å². The Morgan fingerprint density at radius 3 is 2.28 bits per heavy atom. The molecule has 5 nitrogen and oxygen atoms in total. The van der Waals surface area contributed by atoms with Gasteiger partial charge in [0.15, 0.2) is 0 Å². The summed E-state index contributed by atoms with van der Waals surface area (Å²) in [5.74, 6) is -1.47. The van der Waals surface area contributed by atoms with Gasteiger partial charge in [0, 0.05) is 0 Å². The first-order chi connectivity index (χ1) is 8.42. The summed E-state index contributed by atoms with van der Waals surface area (Å²) >= 11 is 0. The Morgan fingerprint density at radius 2 is 1.89 bits per heavy atom. The number of benzene rings is 1. The van der Waals surface area contributed by atoms with Gasteiger partial charge in [-0.15, -0.1) is 0 Å². The molecule has 0 saturated heterocycles. The van der Waals surface area contributed by atoms with Gasteiger partial charge in [-0.1, -0.05) is 25.5 Å². The maximum Gasteiger partial charge on any atom is 0.310 e. The minimum absolute atomic E-state index is 0.134. The highest BCUT2D eigenvalue weighted by molar-refractivity contribution is 7.89. The quantitative estimate of drug-likeness (QED) is 0.822. The fourth-order valence-corrected chi connectivity index (χ4v) is 2.45. The standard InChI is InChI=1S/C12H17NO4S/c1-3-4-11(12(14)15)9-5-7-10(8-6-9)18(16,17)13-2/h5-8,11,13H,3-4H2,1-2H3,(H,14,15). The van der Waals surface area contributed by atoms with Crippen LogP contribution >= 0.6 is 0 Å². The van der Waals surface area contributed by atoms with E-state index in [0.29, 0.717) is 12.0 Å². The van der Waals surface area contributed by atoms with Crippen LogP contribution in [0.5, 0.6) is 0 Å². The van der Waals surface area contributed by atoms with Crippen LogP contribution < -0.4 is 4.72 Å². The van der Waals surface area contributed by atoms with E-state index in [9.17, 15) is 13.2 Å². The van der Waals surface area contributed by atoms with E-state index >= 15 is 0 Å². The Bertz CT molecular complexity index is 507. The van der Waals surface area contributed by atoms with Crippen molar-refractivity contribution in [3.63, 3.8) is 0 Å². The van der Waals surface area contributed by atoms with Crippen LogP contribution in [0.3, 0.4) is 0 Å². The number of sulfonamides is 1. The van der Waals surface area contributed by atoms with Crippen LogP contribution in [0.4, 0.5) is 0 Å². The average molecular weight is 271 g/mol. The second-order valence-electron chi connectivity index (χ2n) is 3.96. The molecule has 1 aromatic rings. The van der Waals surface area contributed by atoms with E-state index in [-0.39, 0.29) is 4.90 Å². The zero-order chi connectivity index (χ0) is 13.8. The molecule has 0 aliphatic carbocycles. The third kappa shape index (κ3) is 3.30. The summed E-state index contributed by atoms with van der Waals surface area (Å²) < 4.78 is 25.2. The van der Waals surface area contributed by atoms with Gasteiger partial charge < -0.3 is 5.11 Å². The fourth-order valence-electron chi connectivity index (χ4n) is 1.72. The second kappa shape index (κ2) is 5.97. The number of nitrogens with one attached hydrogen (secondary N) is 1. The molecule has 1 unspecified atom stereocenters. The van der Waals surface area contributed by atoms with E-state index < -0.39 is 21.9 Å². The Morgan fingerprint density at radius 1 is 1.33 bits per heavy atom. The molecule has 0 aromatic heterocycles. The minimum atomic E-state index is -3.47. The van der Waals surface area contributed by atoms with Crippen molar-refractivity contribution in [2.45, 2.75) is 30.6 Å². The number of carboxylic acid groups (broad SMARTS) is 1. The van der Waals surface area contributed by atoms with E-state index in [0.717, 1.165) is 6.42 Å². The molecule has 0 aliphatic heterocycles. The van der Waals surface area contributed by atoms with Crippen LogP contribution in [-0.2, 0) is 14.8 Å². The Kier molecular flexibility index (Phi) is 4.86. The van der Waals surface area contributed by atoms with Gasteiger partial charge in [0.05, 0.1) is 10.8 Å². The molecule has 0 fully saturated rings. The van der Waals surface area contributed by atoms with Crippen molar-refractivity contribution < 1.29 is 18.3 Å². The highest BCUT2D eigenvalue weighted by Crippen LogP contribution is 2.23. The molecule has 0 aliphatic rings. The molecule has 100 valence electrons. The summed E-state index contributed by atoms with van der Waals surface area (Å²) in [5, 5.41) is 9.10. The maximum atomic E-state index is 11.5. The lowest BCUT2D eigenvalue weighted by atomic mass is 9.95. The van der Waals surface area contributed by atoms with Crippen LogP contribution in [0.25, 0.3) is 0 Å². The smallest absolute Gasteiger partial charge is 0.310 e. The summed E-state index contributed by atoms with van der Waals surface area (Å²) in [5.41, 5.74) is 0.624. The van der Waals surface area contributed by atoms with Crippen molar-refractivity contribution in [2.75, 3.05) is 7.05 Å². The number of rotatable bonds is 6. The molecule has 1 rings (SSSR count). The fraction of sp³-hybridized carbons (Fsp3) is 0.417. The molecule has 6 heteroatoms. The Labute approximate surface area is 107 Å². The van der Waals surface area contributed by atoms with E-state index in [1.807, 2.05) is 6.92 Å². The lowest BCUT2D eigenvalue weighted by Gasteiger charge is -2.12. The molecule has 1 aromatic carbocycles. The molecule has 18 heavy (non-hydrogen) atoms. The molecular weight excluding hydrogens is 254 g/mol. The third-order valence-corrected chi connectivity index (χ3v) is 4.17. The van der Waals surface area contributed by atoms with Crippen LogP contribution in [0.1, 0.15) is 31.2 Å². The molecule has 0 bridgehead atoms. The minimum Gasteiger partial charge on any atom is -0.481 e. The van der Waals surface area contributed by atoms with Crippen LogP contribution in [-0.4, -0.2) is 26.5 Å². The molecule has 0 saturated carbocycles. The summed E-state index contributed by atoms with van der Waals surface area (Å²) in [7, 11) is -2.14. The monoisotopic (exact) mass is 271 g/mol. The van der Waals surface area contributed by atoms with Crippen LogP contribution in [0.15, 0.2) is 29.2 Å². The van der Waals surface area contributed by atoms with Crippen molar-refractivity contribution in [3.8, 4) is 0 Å². The highest BCUT2D eigenvalue weighted by Gasteiger charge is 2.19. The zero-order valence-corrected chi connectivity index (χ0v) is 11.2. The molecule has 0 radical (unpaired) electrons. The third-order valence-electron chi connectivity index (χ3n) is 2.74. The molecule has 0 heterocycles. The molecule has 2 N–H and O–H groups in total. The number of hydrogen-bond donors (Lipinski definition) is 2. The van der Waals surface area contributed by atoms with Crippen molar-refractivity contribution in [1.29, 1.82) is 0 Å². The summed E-state index contributed by atoms with van der Waals surface area (Å²) in [6.07, 6.45) is 1.29. The Balaban J connectivity index is 3.05. The van der Waals surface area contributed by atoms with Gasteiger partial charge in [-0.3, -0.25) is 4.79 Å². The number of aliphatic carboxylic acids is 1. The number of carboxylic acids is 1. The van der Waals surface area contributed by atoms with Gasteiger partial charge in [-0.05, 0) is 31.2 Å². The first-order valence-corrected chi connectivity index (χ1v) is 7.17. The topological polar surface area (TPSA) is 83.5 Å².